The Balaban J connectivity index is 1.91. The minimum absolute atomic E-state index is 0.117. The van der Waals surface area contributed by atoms with E-state index < -0.39 is 21.5 Å². The number of pyridine rings is 1. The van der Waals surface area contributed by atoms with Crippen molar-refractivity contribution in [2.75, 3.05) is 12.4 Å². The number of carbonyl (C=O) groups excluding carboxylic acids is 1. The number of ether oxygens (including phenoxy) is 1. The number of sulfonamides is 1. The summed E-state index contributed by atoms with van der Waals surface area (Å²) < 4.78 is 33.4. The summed E-state index contributed by atoms with van der Waals surface area (Å²) in [6, 6.07) is 7.89. The normalized spacial score (nSPS) is 11.9. The number of nitrogens with one attached hydrogen (secondary N) is 3. The monoisotopic (exact) mass is 443 g/mol. The van der Waals surface area contributed by atoms with Gasteiger partial charge in [-0.1, -0.05) is 0 Å². The van der Waals surface area contributed by atoms with Crippen LogP contribution in [0.3, 0.4) is 0 Å². The van der Waals surface area contributed by atoms with Crippen LogP contribution in [0.2, 0.25) is 0 Å². The third-order valence-electron chi connectivity index (χ3n) is 4.37. The van der Waals surface area contributed by atoms with Gasteiger partial charge in [-0.05, 0) is 58.0 Å². The van der Waals surface area contributed by atoms with Crippen LogP contribution >= 0.6 is 0 Å². The summed E-state index contributed by atoms with van der Waals surface area (Å²) in [7, 11) is -2.54. The van der Waals surface area contributed by atoms with Gasteiger partial charge in [0.05, 0.1) is 12.8 Å². The van der Waals surface area contributed by atoms with Crippen LogP contribution in [-0.2, 0) is 10.0 Å². The molecular formula is C21H25N5O4S. The van der Waals surface area contributed by atoms with Gasteiger partial charge in [0.15, 0.2) is 5.82 Å². The maximum atomic E-state index is 12.8. The maximum Gasteiger partial charge on any atom is 0.256 e. The summed E-state index contributed by atoms with van der Waals surface area (Å²) in [6.07, 6.45) is 3.33. The Labute approximate surface area is 181 Å². The molecule has 3 N–H and O–H groups in total. The maximum absolute atomic E-state index is 12.8. The highest BCUT2D eigenvalue weighted by molar-refractivity contribution is 7.89. The summed E-state index contributed by atoms with van der Waals surface area (Å²) >= 11 is 0. The van der Waals surface area contributed by atoms with Crippen LogP contribution in [0, 0.1) is 6.92 Å². The van der Waals surface area contributed by atoms with Crippen molar-refractivity contribution in [3.8, 4) is 17.0 Å². The lowest BCUT2D eigenvalue weighted by Gasteiger charge is -2.21. The van der Waals surface area contributed by atoms with Gasteiger partial charge in [-0.15, -0.1) is 0 Å². The summed E-state index contributed by atoms with van der Waals surface area (Å²) in [6.45, 7) is 7.02. The fourth-order valence-electron chi connectivity index (χ4n) is 2.98. The Kier molecular flexibility index (Phi) is 6.14. The molecule has 3 rings (SSSR count). The van der Waals surface area contributed by atoms with Crippen LogP contribution in [0.4, 0.5) is 5.82 Å². The van der Waals surface area contributed by atoms with Crippen molar-refractivity contribution in [1.29, 1.82) is 0 Å². The van der Waals surface area contributed by atoms with Gasteiger partial charge in [0.25, 0.3) is 5.91 Å². The van der Waals surface area contributed by atoms with Crippen molar-refractivity contribution in [1.82, 2.24) is 19.9 Å². The van der Waals surface area contributed by atoms with E-state index in [1.54, 1.807) is 33.2 Å². The number of nitrogens with zero attached hydrogens (tertiary/aromatic N) is 2. The molecule has 0 aliphatic heterocycles. The molecule has 0 radical (unpaired) electrons. The number of methoxy groups -OCH3 is 1. The minimum Gasteiger partial charge on any atom is -0.495 e. The quantitative estimate of drug-likeness (QED) is 0.537. The van der Waals surface area contributed by atoms with Crippen molar-refractivity contribution in [2.24, 2.45) is 0 Å². The topological polar surface area (TPSA) is 126 Å². The molecule has 0 aliphatic rings. The molecule has 10 heteroatoms. The molecule has 0 spiro atoms. The molecule has 0 unspecified atom stereocenters. The molecule has 1 amide bonds. The highest BCUT2D eigenvalue weighted by Gasteiger charge is 2.26. The number of H-pyrrole nitrogens is 1. The number of hydrogen-bond donors (Lipinski definition) is 3. The number of amides is 1. The molecule has 3 aromatic rings. The largest absolute Gasteiger partial charge is 0.495 e. The highest BCUT2D eigenvalue weighted by Crippen LogP contribution is 2.28. The van der Waals surface area contributed by atoms with Gasteiger partial charge in [-0.25, -0.2) is 13.1 Å². The molecule has 0 bridgehead atoms. The fraction of sp³-hybridized carbons (Fsp3) is 0.286. The predicted octanol–water partition coefficient (Wildman–Crippen LogP) is 3.12. The molecular weight excluding hydrogens is 418 g/mol. The second-order valence-electron chi connectivity index (χ2n) is 7.98. The average Bonchev–Trinajstić information content (AvgIpc) is 3.06. The summed E-state index contributed by atoms with van der Waals surface area (Å²) in [5.41, 5.74) is 1.84. The minimum atomic E-state index is -3.91. The fourth-order valence-corrected chi connectivity index (χ4v) is 4.60. The zero-order chi connectivity index (χ0) is 22.8. The third-order valence-corrected chi connectivity index (χ3v) is 6.15. The Morgan fingerprint density at radius 2 is 1.81 bits per heavy atom. The average molecular weight is 444 g/mol. The van der Waals surface area contributed by atoms with Gasteiger partial charge >= 0.3 is 0 Å². The smallest absolute Gasteiger partial charge is 0.256 e. The lowest BCUT2D eigenvalue weighted by Crippen LogP contribution is -2.40. The Morgan fingerprint density at radius 1 is 1.13 bits per heavy atom. The van der Waals surface area contributed by atoms with E-state index in [1.165, 1.54) is 25.3 Å². The van der Waals surface area contributed by atoms with Gasteiger partial charge in [-0.2, -0.15) is 5.10 Å². The second kappa shape index (κ2) is 8.48. The lowest BCUT2D eigenvalue weighted by atomic mass is 10.1. The van der Waals surface area contributed by atoms with Crippen LogP contribution in [0.15, 0.2) is 47.6 Å². The third kappa shape index (κ3) is 5.09. The molecule has 164 valence electrons. The molecule has 0 saturated carbocycles. The van der Waals surface area contributed by atoms with Gasteiger partial charge < -0.3 is 10.1 Å². The lowest BCUT2D eigenvalue weighted by molar-refractivity contribution is 0.102. The van der Waals surface area contributed by atoms with Crippen LogP contribution < -0.4 is 14.8 Å². The summed E-state index contributed by atoms with van der Waals surface area (Å²) in [5.74, 6) is -0.000169. The molecule has 9 nitrogen and oxygen atoms in total. The number of aromatic amines is 1. The number of carbonyl (C=O) groups is 1. The Hall–Kier alpha value is -3.24. The van der Waals surface area contributed by atoms with E-state index >= 15 is 0 Å². The van der Waals surface area contributed by atoms with E-state index in [2.05, 4.69) is 25.2 Å². The van der Waals surface area contributed by atoms with E-state index in [0.717, 1.165) is 16.8 Å². The number of hydrogen-bond acceptors (Lipinski definition) is 6. The van der Waals surface area contributed by atoms with Gasteiger partial charge in [0, 0.05) is 34.6 Å². The van der Waals surface area contributed by atoms with Crippen molar-refractivity contribution < 1.29 is 17.9 Å². The van der Waals surface area contributed by atoms with Crippen LogP contribution in [-0.4, -0.2) is 42.2 Å². The summed E-state index contributed by atoms with van der Waals surface area (Å²) in [4.78, 5) is 16.7. The number of benzene rings is 1. The SMILES string of the molecule is COc1ccc(C(=O)Nc2n[nH]c(-c3ccncc3)c2C)cc1S(=O)(=O)NC(C)(C)C. The molecule has 0 saturated heterocycles. The van der Waals surface area contributed by atoms with Gasteiger partial charge in [0.2, 0.25) is 10.0 Å². The van der Waals surface area contributed by atoms with Crippen molar-refractivity contribution in [2.45, 2.75) is 38.1 Å². The predicted molar refractivity (Wildman–Crippen MR) is 118 cm³/mol. The first-order chi connectivity index (χ1) is 14.5. The van der Waals surface area contributed by atoms with E-state index in [4.69, 9.17) is 4.74 Å². The van der Waals surface area contributed by atoms with E-state index in [9.17, 15) is 13.2 Å². The number of anilines is 1. The molecule has 0 aliphatic carbocycles. The van der Waals surface area contributed by atoms with Crippen LogP contribution in [0.25, 0.3) is 11.3 Å². The first-order valence-corrected chi connectivity index (χ1v) is 11.0. The molecule has 2 aromatic heterocycles. The van der Waals surface area contributed by atoms with Crippen LogP contribution in [0.1, 0.15) is 36.7 Å². The van der Waals surface area contributed by atoms with Crippen molar-refractivity contribution in [3.63, 3.8) is 0 Å². The molecule has 0 atom stereocenters. The Morgan fingerprint density at radius 3 is 2.42 bits per heavy atom. The first kappa shape index (κ1) is 22.4. The number of aromatic nitrogens is 3. The van der Waals surface area contributed by atoms with Crippen LogP contribution in [0.5, 0.6) is 5.75 Å². The van der Waals surface area contributed by atoms with Gasteiger partial charge in [-0.3, -0.25) is 14.9 Å². The highest BCUT2D eigenvalue weighted by atomic mass is 32.2. The molecule has 31 heavy (non-hydrogen) atoms. The Bertz CT molecular complexity index is 1200. The van der Waals surface area contributed by atoms with E-state index in [0.29, 0.717) is 5.82 Å². The standard InChI is InChI=1S/C21H25N5O4S/c1-13-18(14-8-10-22-11-9-14)24-25-19(13)23-20(27)15-6-7-16(30-5)17(12-15)31(28,29)26-21(2,3)4/h6-12,26H,1-5H3,(H2,23,24,25,27). The van der Waals surface area contributed by atoms with Gasteiger partial charge in [0.1, 0.15) is 10.6 Å². The molecule has 1 aromatic carbocycles. The zero-order valence-corrected chi connectivity index (χ0v) is 18.8. The number of rotatable bonds is 6. The van der Waals surface area contributed by atoms with Crippen molar-refractivity contribution >= 4 is 21.7 Å². The van der Waals surface area contributed by atoms with E-state index in [-0.39, 0.29) is 16.2 Å². The zero-order valence-electron chi connectivity index (χ0n) is 18.0. The summed E-state index contributed by atoms with van der Waals surface area (Å²) in [5, 5.41) is 9.81. The second-order valence-corrected chi connectivity index (χ2v) is 9.63. The molecule has 2 heterocycles. The van der Waals surface area contributed by atoms with Crippen molar-refractivity contribution in [3.05, 3.63) is 53.9 Å². The van der Waals surface area contributed by atoms with E-state index in [1.807, 2.05) is 19.1 Å². The molecule has 0 fully saturated rings. The first-order valence-electron chi connectivity index (χ1n) is 9.50.